The molecule has 0 bridgehead atoms. The van der Waals surface area contributed by atoms with Gasteiger partial charge in [0.1, 0.15) is 11.6 Å². The van der Waals surface area contributed by atoms with E-state index in [1.807, 2.05) is 0 Å². The van der Waals surface area contributed by atoms with Gasteiger partial charge < -0.3 is 9.84 Å². The van der Waals surface area contributed by atoms with Crippen molar-refractivity contribution >= 4 is 5.97 Å². The van der Waals surface area contributed by atoms with Crippen LogP contribution in [0.25, 0.3) is 0 Å². The van der Waals surface area contributed by atoms with E-state index in [0.29, 0.717) is 0 Å². The number of hydrogen-bond donors (Lipinski definition) is 1. The molecule has 0 fully saturated rings. The van der Waals surface area contributed by atoms with Crippen molar-refractivity contribution in [2.24, 2.45) is 5.92 Å². The Labute approximate surface area is 111 Å². The van der Waals surface area contributed by atoms with Crippen LogP contribution in [0.3, 0.4) is 0 Å². The molecule has 1 N–H and O–H groups in total. The van der Waals surface area contributed by atoms with E-state index >= 15 is 0 Å². The minimum Gasteiger partial charge on any atom is -0.467 e. The van der Waals surface area contributed by atoms with Crippen molar-refractivity contribution in [1.29, 1.82) is 0 Å². The molecule has 0 aliphatic carbocycles. The molecule has 3 nitrogen and oxygen atoms in total. The second-order valence-electron chi connectivity index (χ2n) is 4.90. The van der Waals surface area contributed by atoms with Crippen LogP contribution in [-0.4, -0.2) is 23.8 Å². The maximum Gasteiger partial charge on any atom is 0.338 e. The zero-order chi connectivity index (χ0) is 14.8. The summed E-state index contributed by atoms with van der Waals surface area (Å²) in [6.45, 7) is 4.82. The van der Waals surface area contributed by atoms with Crippen molar-refractivity contribution in [3.8, 4) is 0 Å². The normalized spacial score (nSPS) is 16.0. The first kappa shape index (κ1) is 15.6. The highest BCUT2D eigenvalue weighted by atomic mass is 19.1. The van der Waals surface area contributed by atoms with Crippen molar-refractivity contribution in [3.63, 3.8) is 0 Å². The third-order valence-corrected chi connectivity index (χ3v) is 3.44. The summed E-state index contributed by atoms with van der Waals surface area (Å²) >= 11 is 0. The standard InChI is InChI=1S/C14H18F2O3/c1-8(2)14(18,13(17)19-4)9(3)10-5-11(15)7-12(16)6-10/h5-9,18H,1-4H3. The molecule has 0 radical (unpaired) electrons. The minimum atomic E-state index is -1.84. The molecule has 0 spiro atoms. The molecule has 0 aliphatic rings. The van der Waals surface area contributed by atoms with Gasteiger partial charge in [0.15, 0.2) is 5.60 Å². The number of aliphatic hydroxyl groups is 1. The van der Waals surface area contributed by atoms with Crippen molar-refractivity contribution in [2.75, 3.05) is 7.11 Å². The first-order valence-electron chi connectivity index (χ1n) is 6.00. The summed E-state index contributed by atoms with van der Waals surface area (Å²) in [5.41, 5.74) is -1.63. The maximum absolute atomic E-state index is 13.2. The fourth-order valence-electron chi connectivity index (χ4n) is 2.16. The van der Waals surface area contributed by atoms with E-state index < -0.39 is 35.0 Å². The monoisotopic (exact) mass is 272 g/mol. The lowest BCUT2D eigenvalue weighted by Crippen LogP contribution is -2.49. The Morgan fingerprint density at radius 1 is 1.21 bits per heavy atom. The SMILES string of the molecule is COC(=O)C(O)(C(C)C)C(C)c1cc(F)cc(F)c1. The van der Waals surface area contributed by atoms with Gasteiger partial charge in [-0.2, -0.15) is 0 Å². The Hall–Kier alpha value is -1.49. The summed E-state index contributed by atoms with van der Waals surface area (Å²) in [7, 11) is 1.16. The third-order valence-electron chi connectivity index (χ3n) is 3.44. The third kappa shape index (κ3) is 2.92. The molecule has 5 heteroatoms. The Bertz CT molecular complexity index is 454. The summed E-state index contributed by atoms with van der Waals surface area (Å²) in [5.74, 6) is -3.60. The first-order valence-corrected chi connectivity index (χ1v) is 6.00. The van der Waals surface area contributed by atoms with E-state index in [0.717, 1.165) is 25.3 Å². The van der Waals surface area contributed by atoms with Crippen LogP contribution >= 0.6 is 0 Å². The number of rotatable bonds is 4. The Morgan fingerprint density at radius 3 is 2.05 bits per heavy atom. The topological polar surface area (TPSA) is 46.5 Å². The van der Waals surface area contributed by atoms with Gasteiger partial charge >= 0.3 is 5.97 Å². The smallest absolute Gasteiger partial charge is 0.338 e. The molecule has 19 heavy (non-hydrogen) atoms. The van der Waals surface area contributed by atoms with E-state index in [4.69, 9.17) is 0 Å². The molecule has 0 heterocycles. The summed E-state index contributed by atoms with van der Waals surface area (Å²) in [6.07, 6.45) is 0. The van der Waals surface area contributed by atoms with Gasteiger partial charge in [-0.05, 0) is 23.6 Å². The van der Waals surface area contributed by atoms with Gasteiger partial charge in [-0.25, -0.2) is 13.6 Å². The molecule has 0 saturated carbocycles. The van der Waals surface area contributed by atoms with Crippen LogP contribution in [0.15, 0.2) is 18.2 Å². The first-order chi connectivity index (χ1) is 8.73. The van der Waals surface area contributed by atoms with Crippen LogP contribution < -0.4 is 0 Å². The molecule has 1 rings (SSSR count). The Balaban J connectivity index is 3.27. The number of carbonyl (C=O) groups excluding carboxylic acids is 1. The van der Waals surface area contributed by atoms with E-state index in [1.165, 1.54) is 6.92 Å². The van der Waals surface area contributed by atoms with Crippen molar-refractivity contribution in [2.45, 2.75) is 32.3 Å². The second-order valence-corrected chi connectivity index (χ2v) is 4.90. The summed E-state index contributed by atoms with van der Waals surface area (Å²) < 4.78 is 31.0. The zero-order valence-corrected chi connectivity index (χ0v) is 11.4. The van der Waals surface area contributed by atoms with Crippen LogP contribution in [0, 0.1) is 17.6 Å². The lowest BCUT2D eigenvalue weighted by Gasteiger charge is -2.35. The molecular formula is C14H18F2O3. The van der Waals surface area contributed by atoms with Crippen LogP contribution in [0.2, 0.25) is 0 Å². The highest BCUT2D eigenvalue weighted by molar-refractivity contribution is 5.81. The average molecular weight is 272 g/mol. The van der Waals surface area contributed by atoms with Gasteiger partial charge in [0.25, 0.3) is 0 Å². The zero-order valence-electron chi connectivity index (χ0n) is 11.4. The van der Waals surface area contributed by atoms with Gasteiger partial charge in [0.05, 0.1) is 7.11 Å². The second kappa shape index (κ2) is 5.65. The molecule has 0 saturated heterocycles. The molecule has 0 aromatic heterocycles. The molecule has 0 amide bonds. The Morgan fingerprint density at radius 2 is 1.68 bits per heavy atom. The predicted octanol–water partition coefficient (Wildman–Crippen LogP) is 2.63. The van der Waals surface area contributed by atoms with Crippen LogP contribution in [0.5, 0.6) is 0 Å². The molecular weight excluding hydrogens is 254 g/mol. The fourth-order valence-corrected chi connectivity index (χ4v) is 2.16. The minimum absolute atomic E-state index is 0.208. The number of carbonyl (C=O) groups is 1. The van der Waals surface area contributed by atoms with E-state index in [9.17, 15) is 18.7 Å². The van der Waals surface area contributed by atoms with E-state index in [-0.39, 0.29) is 5.56 Å². The highest BCUT2D eigenvalue weighted by Crippen LogP contribution is 2.35. The number of ether oxygens (including phenoxy) is 1. The van der Waals surface area contributed by atoms with Gasteiger partial charge in [0, 0.05) is 12.0 Å². The number of hydrogen-bond acceptors (Lipinski definition) is 3. The van der Waals surface area contributed by atoms with E-state index in [2.05, 4.69) is 4.74 Å². The fraction of sp³-hybridized carbons (Fsp3) is 0.500. The highest BCUT2D eigenvalue weighted by Gasteiger charge is 2.46. The lowest BCUT2D eigenvalue weighted by atomic mass is 9.76. The molecule has 0 aliphatic heterocycles. The maximum atomic E-state index is 13.2. The number of benzene rings is 1. The summed E-state index contributed by atoms with van der Waals surface area (Å²) in [4.78, 5) is 11.8. The molecule has 2 atom stereocenters. The van der Waals surface area contributed by atoms with Crippen LogP contribution in [0.1, 0.15) is 32.3 Å². The van der Waals surface area contributed by atoms with Crippen molar-refractivity contribution in [1.82, 2.24) is 0 Å². The molecule has 2 unspecified atom stereocenters. The van der Waals surface area contributed by atoms with Crippen LogP contribution in [0.4, 0.5) is 8.78 Å². The van der Waals surface area contributed by atoms with Gasteiger partial charge in [-0.3, -0.25) is 0 Å². The van der Waals surface area contributed by atoms with Gasteiger partial charge in [-0.15, -0.1) is 0 Å². The number of methoxy groups -OCH3 is 1. The lowest BCUT2D eigenvalue weighted by molar-refractivity contribution is -0.170. The summed E-state index contributed by atoms with van der Waals surface area (Å²) in [5, 5.41) is 10.5. The predicted molar refractivity (Wildman–Crippen MR) is 66.6 cm³/mol. The number of esters is 1. The van der Waals surface area contributed by atoms with Gasteiger partial charge in [-0.1, -0.05) is 20.8 Å². The Kier molecular flexibility index (Phi) is 4.63. The van der Waals surface area contributed by atoms with E-state index in [1.54, 1.807) is 13.8 Å². The molecule has 1 aromatic rings. The summed E-state index contributed by atoms with van der Waals surface area (Å²) in [6, 6.07) is 2.94. The average Bonchev–Trinajstić information content (AvgIpc) is 2.34. The quantitative estimate of drug-likeness (QED) is 0.857. The molecule has 106 valence electrons. The van der Waals surface area contributed by atoms with Crippen molar-refractivity contribution in [3.05, 3.63) is 35.4 Å². The molecule has 1 aromatic carbocycles. The van der Waals surface area contributed by atoms with Crippen LogP contribution in [-0.2, 0) is 9.53 Å². The number of halogens is 2. The largest absolute Gasteiger partial charge is 0.467 e. The van der Waals surface area contributed by atoms with Gasteiger partial charge in [0.2, 0.25) is 0 Å². The van der Waals surface area contributed by atoms with Crippen molar-refractivity contribution < 1.29 is 23.4 Å².